The molecular formula is C14H22N4O5S. The number of aliphatic hydroxyl groups excluding tert-OH is 1. The van der Waals surface area contributed by atoms with Crippen molar-refractivity contribution >= 4 is 24.0 Å². The second-order valence-electron chi connectivity index (χ2n) is 4.80. The first kappa shape index (κ1) is 20.0. The molecule has 10 heteroatoms. The van der Waals surface area contributed by atoms with E-state index < -0.39 is 5.97 Å². The van der Waals surface area contributed by atoms with Gasteiger partial charge in [0.05, 0.1) is 31.8 Å². The summed E-state index contributed by atoms with van der Waals surface area (Å²) in [4.78, 5) is 21.0. The molecule has 9 nitrogen and oxygen atoms in total. The molecule has 0 aliphatic heterocycles. The van der Waals surface area contributed by atoms with Crippen molar-refractivity contribution in [3.05, 3.63) is 23.0 Å². The van der Waals surface area contributed by atoms with Gasteiger partial charge >= 0.3 is 5.97 Å². The van der Waals surface area contributed by atoms with Crippen molar-refractivity contribution < 1.29 is 23.9 Å². The van der Waals surface area contributed by atoms with Crippen molar-refractivity contribution in [2.75, 3.05) is 27.0 Å². The Morgan fingerprint density at radius 1 is 1.54 bits per heavy atom. The van der Waals surface area contributed by atoms with E-state index in [1.807, 2.05) is 0 Å². The van der Waals surface area contributed by atoms with Gasteiger partial charge < -0.3 is 29.8 Å². The lowest BCUT2D eigenvalue weighted by molar-refractivity contribution is -0.133. The summed E-state index contributed by atoms with van der Waals surface area (Å²) in [5, 5.41) is 19.6. The van der Waals surface area contributed by atoms with Crippen LogP contribution < -0.4 is 5.73 Å². The molecule has 1 heterocycles. The van der Waals surface area contributed by atoms with Crippen LogP contribution in [0.4, 0.5) is 0 Å². The smallest absolute Gasteiger partial charge is 0.337 e. The monoisotopic (exact) mass is 358 g/mol. The number of likely N-dealkylation sites (N-methyl/N-ethyl adjacent to an activating group) is 1. The van der Waals surface area contributed by atoms with Crippen molar-refractivity contribution in [1.82, 2.24) is 9.88 Å². The van der Waals surface area contributed by atoms with E-state index in [9.17, 15) is 15.0 Å². The molecule has 0 radical (unpaired) electrons. The maximum Gasteiger partial charge on any atom is 0.337 e. The zero-order chi connectivity index (χ0) is 18.1. The summed E-state index contributed by atoms with van der Waals surface area (Å²) in [6, 6.07) is 0. The van der Waals surface area contributed by atoms with Gasteiger partial charge in [-0.25, -0.2) is 9.79 Å². The Bertz CT molecular complexity index is 597. The second kappa shape index (κ2) is 9.96. The molecular weight excluding hydrogens is 336 g/mol. The fourth-order valence-electron chi connectivity index (χ4n) is 1.86. The van der Waals surface area contributed by atoms with E-state index in [4.69, 9.17) is 14.7 Å². The summed E-state index contributed by atoms with van der Waals surface area (Å²) in [5.74, 6) is -0.496. The maximum absolute atomic E-state index is 11.4. The average Bonchev–Trinajstić information content (AvgIpc) is 2.54. The molecule has 0 aromatic carbocycles. The first-order chi connectivity index (χ1) is 11.4. The quantitative estimate of drug-likeness (QED) is 0.334. The van der Waals surface area contributed by atoms with Crippen LogP contribution in [0.1, 0.15) is 16.8 Å². The van der Waals surface area contributed by atoms with Gasteiger partial charge in [-0.1, -0.05) is 0 Å². The van der Waals surface area contributed by atoms with Crippen molar-refractivity contribution in [3.63, 3.8) is 0 Å². The maximum atomic E-state index is 11.4. The Labute approximate surface area is 144 Å². The highest BCUT2D eigenvalue weighted by Crippen LogP contribution is 2.25. The molecule has 0 amide bonds. The van der Waals surface area contributed by atoms with Gasteiger partial charge in [0.1, 0.15) is 18.0 Å². The van der Waals surface area contributed by atoms with Crippen LogP contribution in [0.3, 0.4) is 0 Å². The van der Waals surface area contributed by atoms with Gasteiger partial charge in [0, 0.05) is 37.7 Å². The predicted octanol–water partition coefficient (Wildman–Crippen LogP) is -0.00640. The van der Waals surface area contributed by atoms with E-state index in [-0.39, 0.29) is 43.7 Å². The van der Waals surface area contributed by atoms with Crippen molar-refractivity contribution in [2.24, 2.45) is 10.7 Å². The van der Waals surface area contributed by atoms with E-state index in [0.29, 0.717) is 11.1 Å². The molecule has 134 valence electrons. The van der Waals surface area contributed by atoms with E-state index in [1.165, 1.54) is 18.2 Å². The summed E-state index contributed by atoms with van der Waals surface area (Å²) >= 11 is 0.951. The van der Waals surface area contributed by atoms with Crippen LogP contribution in [0.2, 0.25) is 0 Å². The van der Waals surface area contributed by atoms with Gasteiger partial charge in [0.2, 0.25) is 0 Å². The SMILES string of the molecule is COCc1cnc(CN=C(N)N(C)CC(=O)OSC)c(O)c1CO. The highest BCUT2D eigenvalue weighted by molar-refractivity contribution is 7.94. The standard InChI is InChI=1S/C14H22N4O5S/c1-18(6-12(20)23-24-3)14(15)17-5-11-13(21)10(7-19)9(4-16-11)8-22-2/h4,19,21H,5-8H2,1-3H3,(H2,15,17). The van der Waals surface area contributed by atoms with Crippen molar-refractivity contribution in [2.45, 2.75) is 19.8 Å². The number of nitrogens with zero attached hydrogens (tertiary/aromatic N) is 3. The highest BCUT2D eigenvalue weighted by atomic mass is 32.2. The third-order valence-corrected chi connectivity index (χ3v) is 3.46. The summed E-state index contributed by atoms with van der Waals surface area (Å²) in [7, 11) is 3.10. The molecule has 0 bridgehead atoms. The number of guanidine groups is 1. The number of ether oxygens (including phenoxy) is 1. The second-order valence-corrected chi connectivity index (χ2v) is 5.30. The number of pyridine rings is 1. The van der Waals surface area contributed by atoms with Gasteiger partial charge in [0.15, 0.2) is 5.96 Å². The molecule has 1 aromatic heterocycles. The number of aromatic hydroxyl groups is 1. The summed E-state index contributed by atoms with van der Waals surface area (Å²) in [6.07, 6.45) is 3.14. The van der Waals surface area contributed by atoms with Crippen molar-refractivity contribution in [1.29, 1.82) is 0 Å². The number of nitrogens with two attached hydrogens (primary N) is 1. The first-order valence-electron chi connectivity index (χ1n) is 6.97. The molecule has 0 aliphatic carbocycles. The van der Waals surface area contributed by atoms with Crippen LogP contribution in [0.5, 0.6) is 5.75 Å². The number of carbonyl (C=O) groups is 1. The first-order valence-corrected chi connectivity index (χ1v) is 8.12. The van der Waals surface area contributed by atoms with Crippen LogP contribution in [-0.2, 0) is 33.5 Å². The van der Waals surface area contributed by atoms with E-state index in [1.54, 1.807) is 13.3 Å². The summed E-state index contributed by atoms with van der Waals surface area (Å²) < 4.78 is 9.73. The zero-order valence-corrected chi connectivity index (χ0v) is 14.7. The fourth-order valence-corrected chi connectivity index (χ4v) is 2.10. The Morgan fingerprint density at radius 3 is 2.83 bits per heavy atom. The number of aliphatic hydroxyl groups is 1. The Balaban J connectivity index is 2.83. The summed E-state index contributed by atoms with van der Waals surface area (Å²) in [6.45, 7) is -0.174. The van der Waals surface area contributed by atoms with Crippen molar-refractivity contribution in [3.8, 4) is 5.75 Å². The molecule has 0 aliphatic rings. The van der Waals surface area contributed by atoms with Gasteiger partial charge in [0.25, 0.3) is 0 Å². The van der Waals surface area contributed by atoms with Crippen LogP contribution >= 0.6 is 12.0 Å². The number of rotatable bonds is 8. The Kier molecular flexibility index (Phi) is 8.30. The van der Waals surface area contributed by atoms with E-state index in [2.05, 4.69) is 9.98 Å². The minimum absolute atomic E-state index is 0.000155. The van der Waals surface area contributed by atoms with Gasteiger partial charge in [-0.15, -0.1) is 0 Å². The lowest BCUT2D eigenvalue weighted by Crippen LogP contribution is -2.38. The van der Waals surface area contributed by atoms with Crippen LogP contribution in [0.15, 0.2) is 11.2 Å². The molecule has 0 atom stereocenters. The highest BCUT2D eigenvalue weighted by Gasteiger charge is 2.14. The molecule has 1 rings (SSSR count). The van der Waals surface area contributed by atoms with Gasteiger partial charge in [-0.3, -0.25) is 4.98 Å². The van der Waals surface area contributed by atoms with Crippen LogP contribution in [0, 0.1) is 0 Å². The molecule has 4 N–H and O–H groups in total. The largest absolute Gasteiger partial charge is 0.506 e. The van der Waals surface area contributed by atoms with Crippen LogP contribution in [-0.4, -0.2) is 59.0 Å². The fraction of sp³-hybridized carbons (Fsp3) is 0.500. The van der Waals surface area contributed by atoms with E-state index >= 15 is 0 Å². The topological polar surface area (TPSA) is 130 Å². The molecule has 24 heavy (non-hydrogen) atoms. The van der Waals surface area contributed by atoms with Crippen LogP contribution in [0.25, 0.3) is 0 Å². The Morgan fingerprint density at radius 2 is 2.25 bits per heavy atom. The summed E-state index contributed by atoms with van der Waals surface area (Å²) in [5.41, 5.74) is 6.99. The number of methoxy groups -OCH3 is 1. The zero-order valence-electron chi connectivity index (χ0n) is 13.9. The number of hydrogen-bond acceptors (Lipinski definition) is 8. The third kappa shape index (κ3) is 5.55. The Hall–Kier alpha value is -2.04. The lowest BCUT2D eigenvalue weighted by atomic mass is 10.1. The minimum Gasteiger partial charge on any atom is -0.506 e. The molecule has 0 fully saturated rings. The normalized spacial score (nSPS) is 11.4. The molecule has 0 spiro atoms. The molecule has 1 aromatic rings. The number of carbonyl (C=O) groups excluding carboxylic acids is 1. The van der Waals surface area contributed by atoms with E-state index in [0.717, 1.165) is 12.0 Å². The average molecular weight is 358 g/mol. The third-order valence-electron chi connectivity index (χ3n) is 3.11. The molecule has 0 saturated carbocycles. The molecule has 0 saturated heterocycles. The number of aromatic nitrogens is 1. The van der Waals surface area contributed by atoms with Gasteiger partial charge in [-0.05, 0) is 0 Å². The lowest BCUT2D eigenvalue weighted by Gasteiger charge is -2.16. The predicted molar refractivity (Wildman–Crippen MR) is 90.1 cm³/mol. The minimum atomic E-state index is -0.449. The van der Waals surface area contributed by atoms with Gasteiger partial charge in [-0.2, -0.15) is 0 Å². The number of aliphatic imine (C=N–C) groups is 1. The molecule has 0 unspecified atom stereocenters. The number of hydrogen-bond donors (Lipinski definition) is 3.